The maximum absolute atomic E-state index is 6.11. The van der Waals surface area contributed by atoms with Crippen molar-refractivity contribution < 1.29 is 4.74 Å². The lowest BCUT2D eigenvalue weighted by atomic mass is 9.88. The van der Waals surface area contributed by atoms with Gasteiger partial charge in [-0.3, -0.25) is 4.90 Å². The molecule has 0 radical (unpaired) electrons. The second kappa shape index (κ2) is 8.10. The van der Waals surface area contributed by atoms with Crippen LogP contribution in [0.5, 0.6) is 0 Å². The van der Waals surface area contributed by atoms with Crippen LogP contribution in [0.1, 0.15) is 32.6 Å². The number of hydrogen-bond donors (Lipinski definition) is 1. The van der Waals surface area contributed by atoms with Crippen LogP contribution in [0.15, 0.2) is 0 Å². The summed E-state index contributed by atoms with van der Waals surface area (Å²) < 4.78 is 5.60. The summed E-state index contributed by atoms with van der Waals surface area (Å²) in [5.74, 6) is 0. The van der Waals surface area contributed by atoms with Gasteiger partial charge < -0.3 is 15.4 Å². The third-order valence-electron chi connectivity index (χ3n) is 4.11. The maximum atomic E-state index is 6.11. The SMILES string of the molecule is CCN(CCCN(C)C)C1(CN)CCCOCC1. The van der Waals surface area contributed by atoms with E-state index in [-0.39, 0.29) is 5.54 Å². The van der Waals surface area contributed by atoms with Crippen molar-refractivity contribution in [3.8, 4) is 0 Å². The van der Waals surface area contributed by atoms with E-state index in [2.05, 4.69) is 30.8 Å². The fourth-order valence-electron chi connectivity index (χ4n) is 2.95. The van der Waals surface area contributed by atoms with Gasteiger partial charge in [0.2, 0.25) is 0 Å². The number of likely N-dealkylation sites (N-methyl/N-ethyl adjacent to an activating group) is 1. The average molecular weight is 257 g/mol. The lowest BCUT2D eigenvalue weighted by molar-refractivity contribution is 0.0686. The molecule has 108 valence electrons. The molecule has 0 aromatic rings. The zero-order valence-corrected chi connectivity index (χ0v) is 12.5. The number of nitrogens with two attached hydrogens (primary N) is 1. The molecule has 0 spiro atoms. The first-order chi connectivity index (χ1) is 8.64. The molecular formula is C14H31N3O. The Balaban J connectivity index is 2.57. The van der Waals surface area contributed by atoms with E-state index in [0.717, 1.165) is 52.2 Å². The van der Waals surface area contributed by atoms with E-state index in [1.54, 1.807) is 0 Å². The minimum absolute atomic E-state index is 0.178. The quantitative estimate of drug-likeness (QED) is 0.743. The van der Waals surface area contributed by atoms with Gasteiger partial charge in [0.15, 0.2) is 0 Å². The molecule has 0 aromatic carbocycles. The molecule has 0 bridgehead atoms. The highest BCUT2D eigenvalue weighted by atomic mass is 16.5. The van der Waals surface area contributed by atoms with Gasteiger partial charge >= 0.3 is 0 Å². The molecule has 0 amide bonds. The molecule has 1 unspecified atom stereocenters. The van der Waals surface area contributed by atoms with Crippen LogP contribution in [-0.4, -0.2) is 68.8 Å². The van der Waals surface area contributed by atoms with E-state index in [1.807, 2.05) is 0 Å². The second-order valence-electron chi connectivity index (χ2n) is 5.63. The summed E-state index contributed by atoms with van der Waals surface area (Å²) in [7, 11) is 4.27. The molecule has 18 heavy (non-hydrogen) atoms. The minimum atomic E-state index is 0.178. The zero-order valence-electron chi connectivity index (χ0n) is 12.5. The Morgan fingerprint density at radius 1 is 1.17 bits per heavy atom. The standard InChI is InChI=1S/C14H31N3O/c1-4-17(10-6-9-16(2)3)14(13-15)7-5-11-18-12-8-14/h4-13,15H2,1-3H3. The second-order valence-corrected chi connectivity index (χ2v) is 5.63. The Labute approximate surface area is 112 Å². The molecule has 1 aliphatic heterocycles. The molecule has 2 N–H and O–H groups in total. The number of ether oxygens (including phenoxy) is 1. The average Bonchev–Trinajstić information content (AvgIpc) is 2.60. The molecule has 0 aromatic heterocycles. The zero-order chi connectivity index (χ0) is 13.4. The first-order valence-corrected chi connectivity index (χ1v) is 7.32. The van der Waals surface area contributed by atoms with Gasteiger partial charge in [0.1, 0.15) is 0 Å². The van der Waals surface area contributed by atoms with E-state index in [9.17, 15) is 0 Å². The Morgan fingerprint density at radius 2 is 1.94 bits per heavy atom. The van der Waals surface area contributed by atoms with Gasteiger partial charge in [-0.25, -0.2) is 0 Å². The monoisotopic (exact) mass is 257 g/mol. The highest BCUT2D eigenvalue weighted by molar-refractivity contribution is 4.92. The van der Waals surface area contributed by atoms with Crippen LogP contribution in [0.25, 0.3) is 0 Å². The predicted octanol–water partition coefficient (Wildman–Crippen LogP) is 1.16. The largest absolute Gasteiger partial charge is 0.381 e. The smallest absolute Gasteiger partial charge is 0.0484 e. The van der Waals surface area contributed by atoms with Gasteiger partial charge in [0.05, 0.1) is 0 Å². The maximum Gasteiger partial charge on any atom is 0.0484 e. The van der Waals surface area contributed by atoms with Gasteiger partial charge in [-0.2, -0.15) is 0 Å². The molecule has 1 aliphatic rings. The van der Waals surface area contributed by atoms with Gasteiger partial charge in [0, 0.05) is 25.3 Å². The van der Waals surface area contributed by atoms with Gasteiger partial charge in [0.25, 0.3) is 0 Å². The Morgan fingerprint density at radius 3 is 2.56 bits per heavy atom. The summed E-state index contributed by atoms with van der Waals surface area (Å²) >= 11 is 0. The van der Waals surface area contributed by atoms with E-state index < -0.39 is 0 Å². The normalized spacial score (nSPS) is 25.7. The summed E-state index contributed by atoms with van der Waals surface area (Å²) in [5, 5.41) is 0. The van der Waals surface area contributed by atoms with E-state index >= 15 is 0 Å². The van der Waals surface area contributed by atoms with E-state index in [4.69, 9.17) is 10.5 Å². The van der Waals surface area contributed by atoms with E-state index in [0.29, 0.717) is 0 Å². The van der Waals surface area contributed by atoms with Crippen molar-refractivity contribution in [2.45, 2.75) is 38.1 Å². The Kier molecular flexibility index (Phi) is 7.15. The van der Waals surface area contributed by atoms with Crippen molar-refractivity contribution in [3.63, 3.8) is 0 Å². The molecule has 1 saturated heterocycles. The van der Waals surface area contributed by atoms with Crippen molar-refractivity contribution in [2.24, 2.45) is 5.73 Å². The lowest BCUT2D eigenvalue weighted by Crippen LogP contribution is -2.54. The summed E-state index contributed by atoms with van der Waals surface area (Å²) in [4.78, 5) is 4.84. The summed E-state index contributed by atoms with van der Waals surface area (Å²) in [5.41, 5.74) is 6.29. The topological polar surface area (TPSA) is 41.7 Å². The summed E-state index contributed by atoms with van der Waals surface area (Å²) in [6.07, 6.45) is 4.61. The summed E-state index contributed by atoms with van der Waals surface area (Å²) in [6.45, 7) is 8.15. The fourth-order valence-corrected chi connectivity index (χ4v) is 2.95. The predicted molar refractivity (Wildman–Crippen MR) is 76.9 cm³/mol. The van der Waals surface area contributed by atoms with Crippen LogP contribution in [0.2, 0.25) is 0 Å². The number of rotatable bonds is 7. The molecule has 1 fully saturated rings. The van der Waals surface area contributed by atoms with Crippen molar-refractivity contribution in [1.82, 2.24) is 9.80 Å². The van der Waals surface area contributed by atoms with Crippen LogP contribution in [0, 0.1) is 0 Å². The molecule has 1 rings (SSSR count). The number of hydrogen-bond acceptors (Lipinski definition) is 4. The van der Waals surface area contributed by atoms with Crippen LogP contribution >= 0.6 is 0 Å². The molecule has 4 heteroatoms. The third-order valence-corrected chi connectivity index (χ3v) is 4.11. The number of nitrogens with zero attached hydrogens (tertiary/aromatic N) is 2. The van der Waals surface area contributed by atoms with Crippen molar-refractivity contribution >= 4 is 0 Å². The fraction of sp³-hybridized carbons (Fsp3) is 1.00. The van der Waals surface area contributed by atoms with Crippen LogP contribution in [0.4, 0.5) is 0 Å². The molecule has 0 saturated carbocycles. The Hall–Kier alpha value is -0.160. The van der Waals surface area contributed by atoms with Crippen LogP contribution in [-0.2, 0) is 4.74 Å². The third kappa shape index (κ3) is 4.50. The summed E-state index contributed by atoms with van der Waals surface area (Å²) in [6, 6.07) is 0. The molecular weight excluding hydrogens is 226 g/mol. The van der Waals surface area contributed by atoms with Crippen molar-refractivity contribution in [1.29, 1.82) is 0 Å². The van der Waals surface area contributed by atoms with Gasteiger partial charge in [-0.15, -0.1) is 0 Å². The lowest BCUT2D eigenvalue weighted by Gasteiger charge is -2.42. The van der Waals surface area contributed by atoms with Gasteiger partial charge in [-0.05, 0) is 59.4 Å². The van der Waals surface area contributed by atoms with Crippen LogP contribution < -0.4 is 5.73 Å². The first-order valence-electron chi connectivity index (χ1n) is 7.32. The molecule has 0 aliphatic carbocycles. The molecule has 1 atom stereocenters. The minimum Gasteiger partial charge on any atom is -0.381 e. The van der Waals surface area contributed by atoms with Crippen molar-refractivity contribution in [3.05, 3.63) is 0 Å². The highest BCUT2D eigenvalue weighted by Gasteiger charge is 2.34. The Bertz CT molecular complexity index is 213. The van der Waals surface area contributed by atoms with Crippen LogP contribution in [0.3, 0.4) is 0 Å². The first kappa shape index (κ1) is 15.9. The molecule has 1 heterocycles. The van der Waals surface area contributed by atoms with E-state index in [1.165, 1.54) is 12.8 Å². The highest BCUT2D eigenvalue weighted by Crippen LogP contribution is 2.27. The van der Waals surface area contributed by atoms with Gasteiger partial charge in [-0.1, -0.05) is 6.92 Å². The van der Waals surface area contributed by atoms with Crippen molar-refractivity contribution in [2.75, 3.05) is 53.5 Å². The molecule has 4 nitrogen and oxygen atoms in total.